The molecule has 0 saturated carbocycles. The molecular weight excluding hydrogens is 317 g/mol. The minimum absolute atomic E-state index is 0.200. The Morgan fingerprint density at radius 2 is 2.13 bits per heavy atom. The summed E-state index contributed by atoms with van der Waals surface area (Å²) < 4.78 is 21.4. The number of halogens is 2. The smallest absolute Gasteiger partial charge is 0.134 e. The predicted molar refractivity (Wildman–Crippen MR) is 88.2 cm³/mol. The van der Waals surface area contributed by atoms with Crippen LogP contribution < -0.4 is 10.2 Å². The summed E-state index contributed by atoms with van der Waals surface area (Å²) in [6, 6.07) is 8.07. The van der Waals surface area contributed by atoms with E-state index in [1.165, 1.54) is 13.2 Å². The van der Waals surface area contributed by atoms with Crippen LogP contribution in [-0.4, -0.2) is 16.7 Å². The SMILES string of the molecule is CCn1c(=N)c(-c2c(F)cccc2OC)cc2cnc(Cl)cc21. The first-order valence-electron chi connectivity index (χ1n) is 7.13. The standard InChI is InChI=1S/C17H15ClFN3O/c1-3-22-13-8-15(18)21-9-10(13)7-11(17(22)20)16-12(19)5-4-6-14(16)23-2/h4-9,20H,3H2,1-2H3. The highest BCUT2D eigenvalue weighted by molar-refractivity contribution is 6.30. The molecule has 118 valence electrons. The van der Waals surface area contributed by atoms with E-state index < -0.39 is 5.82 Å². The minimum atomic E-state index is -0.429. The molecule has 4 nitrogen and oxygen atoms in total. The van der Waals surface area contributed by atoms with Crippen molar-refractivity contribution in [3.63, 3.8) is 0 Å². The van der Waals surface area contributed by atoms with Crippen molar-refractivity contribution in [1.29, 1.82) is 5.41 Å². The topological polar surface area (TPSA) is 50.9 Å². The van der Waals surface area contributed by atoms with Gasteiger partial charge in [-0.2, -0.15) is 0 Å². The highest BCUT2D eigenvalue weighted by atomic mass is 35.5. The molecule has 23 heavy (non-hydrogen) atoms. The van der Waals surface area contributed by atoms with Crippen molar-refractivity contribution in [3.05, 3.63) is 53.0 Å². The molecule has 0 bridgehead atoms. The third kappa shape index (κ3) is 2.57. The summed E-state index contributed by atoms with van der Waals surface area (Å²) in [7, 11) is 1.48. The first kappa shape index (κ1) is 15.5. The molecule has 0 amide bonds. The fourth-order valence-electron chi connectivity index (χ4n) is 2.72. The van der Waals surface area contributed by atoms with Crippen LogP contribution in [0.4, 0.5) is 4.39 Å². The molecule has 0 aliphatic heterocycles. The molecule has 0 aliphatic carbocycles. The summed E-state index contributed by atoms with van der Waals surface area (Å²) in [6.07, 6.45) is 1.63. The summed E-state index contributed by atoms with van der Waals surface area (Å²) in [5, 5.41) is 9.62. The Hall–Kier alpha value is -2.40. The maximum absolute atomic E-state index is 14.4. The van der Waals surface area contributed by atoms with E-state index in [0.717, 1.165) is 10.9 Å². The van der Waals surface area contributed by atoms with Gasteiger partial charge < -0.3 is 9.30 Å². The van der Waals surface area contributed by atoms with E-state index in [2.05, 4.69) is 4.98 Å². The number of hydrogen-bond donors (Lipinski definition) is 1. The zero-order chi connectivity index (χ0) is 16.6. The highest BCUT2D eigenvalue weighted by Gasteiger charge is 2.16. The lowest BCUT2D eigenvalue weighted by atomic mass is 10.0. The molecule has 3 rings (SSSR count). The average Bonchev–Trinajstić information content (AvgIpc) is 2.54. The van der Waals surface area contributed by atoms with Crippen LogP contribution in [-0.2, 0) is 6.54 Å². The monoisotopic (exact) mass is 331 g/mol. The summed E-state index contributed by atoms with van der Waals surface area (Å²) in [5.41, 5.74) is 1.72. The number of pyridine rings is 2. The fraction of sp³-hybridized carbons (Fsp3) is 0.176. The lowest BCUT2D eigenvalue weighted by Gasteiger charge is -2.15. The number of aryl methyl sites for hydroxylation is 1. The van der Waals surface area contributed by atoms with Crippen molar-refractivity contribution >= 4 is 22.5 Å². The lowest BCUT2D eigenvalue weighted by molar-refractivity contribution is 0.413. The van der Waals surface area contributed by atoms with E-state index in [9.17, 15) is 4.39 Å². The average molecular weight is 332 g/mol. The van der Waals surface area contributed by atoms with Crippen molar-refractivity contribution in [1.82, 2.24) is 9.55 Å². The van der Waals surface area contributed by atoms with Crippen LogP contribution >= 0.6 is 11.6 Å². The van der Waals surface area contributed by atoms with Crippen molar-refractivity contribution in [2.75, 3.05) is 7.11 Å². The summed E-state index contributed by atoms with van der Waals surface area (Å²) >= 11 is 5.96. The zero-order valence-corrected chi connectivity index (χ0v) is 13.5. The van der Waals surface area contributed by atoms with E-state index in [0.29, 0.717) is 23.0 Å². The molecule has 0 saturated heterocycles. The number of rotatable bonds is 3. The van der Waals surface area contributed by atoms with E-state index in [-0.39, 0.29) is 11.1 Å². The second-order valence-electron chi connectivity index (χ2n) is 5.03. The maximum atomic E-state index is 14.4. The normalized spacial score (nSPS) is 11.0. The van der Waals surface area contributed by atoms with Gasteiger partial charge in [0.25, 0.3) is 0 Å². The summed E-state index contributed by atoms with van der Waals surface area (Å²) in [6.45, 7) is 2.48. The molecule has 0 spiro atoms. The summed E-state index contributed by atoms with van der Waals surface area (Å²) in [5.74, 6) is -0.0378. The predicted octanol–water partition coefficient (Wildman–Crippen LogP) is 4.00. The number of nitrogens with zero attached hydrogens (tertiary/aromatic N) is 2. The number of nitrogens with one attached hydrogen (secondary N) is 1. The first-order chi connectivity index (χ1) is 11.1. The number of methoxy groups -OCH3 is 1. The Morgan fingerprint density at radius 1 is 1.35 bits per heavy atom. The number of benzene rings is 1. The zero-order valence-electron chi connectivity index (χ0n) is 12.7. The van der Waals surface area contributed by atoms with Crippen molar-refractivity contribution < 1.29 is 9.13 Å². The van der Waals surface area contributed by atoms with Crippen LogP contribution in [0.2, 0.25) is 5.15 Å². The van der Waals surface area contributed by atoms with Gasteiger partial charge in [-0.15, -0.1) is 0 Å². The molecule has 0 radical (unpaired) electrons. The highest BCUT2D eigenvalue weighted by Crippen LogP contribution is 2.32. The quantitative estimate of drug-likeness (QED) is 0.737. The Kier molecular flexibility index (Phi) is 4.05. The maximum Gasteiger partial charge on any atom is 0.134 e. The van der Waals surface area contributed by atoms with Crippen molar-refractivity contribution in [2.45, 2.75) is 13.5 Å². The van der Waals surface area contributed by atoms with Crippen molar-refractivity contribution in [3.8, 4) is 16.9 Å². The summed E-state index contributed by atoms with van der Waals surface area (Å²) in [4.78, 5) is 4.08. The number of hydrogen-bond acceptors (Lipinski definition) is 3. The first-order valence-corrected chi connectivity index (χ1v) is 7.51. The van der Waals surface area contributed by atoms with Gasteiger partial charge in [0, 0.05) is 23.7 Å². The lowest BCUT2D eigenvalue weighted by Crippen LogP contribution is -2.22. The molecule has 1 aromatic carbocycles. The molecular formula is C17H15ClFN3O. The van der Waals surface area contributed by atoms with E-state index in [4.69, 9.17) is 21.7 Å². The molecule has 2 heterocycles. The number of aromatic nitrogens is 2. The molecule has 0 unspecified atom stereocenters. The molecule has 0 aliphatic rings. The van der Waals surface area contributed by atoms with Crippen molar-refractivity contribution in [2.24, 2.45) is 0 Å². The van der Waals surface area contributed by atoms with Gasteiger partial charge in [0.05, 0.1) is 18.2 Å². The molecule has 2 aromatic heterocycles. The van der Waals surface area contributed by atoms with Gasteiger partial charge in [-0.25, -0.2) is 9.37 Å². The fourth-order valence-corrected chi connectivity index (χ4v) is 2.87. The van der Waals surface area contributed by atoms with Gasteiger partial charge in [-0.3, -0.25) is 5.41 Å². The van der Waals surface area contributed by atoms with E-state index >= 15 is 0 Å². The van der Waals surface area contributed by atoms with Gasteiger partial charge in [0.2, 0.25) is 0 Å². The Balaban J connectivity index is 2.43. The molecule has 0 fully saturated rings. The number of fused-ring (bicyclic) bond motifs is 1. The molecule has 6 heteroatoms. The minimum Gasteiger partial charge on any atom is -0.496 e. The van der Waals surface area contributed by atoms with Crippen LogP contribution in [0.1, 0.15) is 6.92 Å². The van der Waals surface area contributed by atoms with Gasteiger partial charge in [0.1, 0.15) is 22.2 Å². The molecule has 3 aromatic rings. The van der Waals surface area contributed by atoms with Crippen LogP contribution in [0.3, 0.4) is 0 Å². The molecule has 0 atom stereocenters. The Labute approximate surface area is 137 Å². The van der Waals surface area contributed by atoms with Gasteiger partial charge in [-0.1, -0.05) is 17.7 Å². The van der Waals surface area contributed by atoms with Gasteiger partial charge in [0.15, 0.2) is 0 Å². The van der Waals surface area contributed by atoms with E-state index in [1.54, 1.807) is 35.0 Å². The second kappa shape index (κ2) is 6.01. The van der Waals surface area contributed by atoms with Crippen LogP contribution in [0.15, 0.2) is 36.5 Å². The van der Waals surface area contributed by atoms with Gasteiger partial charge in [-0.05, 0) is 31.2 Å². The van der Waals surface area contributed by atoms with Crippen LogP contribution in [0.25, 0.3) is 22.0 Å². The van der Waals surface area contributed by atoms with E-state index in [1.807, 2.05) is 6.92 Å². The second-order valence-corrected chi connectivity index (χ2v) is 5.42. The van der Waals surface area contributed by atoms with Crippen LogP contribution in [0.5, 0.6) is 5.75 Å². The van der Waals surface area contributed by atoms with Gasteiger partial charge >= 0.3 is 0 Å². The Bertz CT molecular complexity index is 952. The largest absolute Gasteiger partial charge is 0.496 e. The third-order valence-electron chi connectivity index (χ3n) is 3.78. The van der Waals surface area contributed by atoms with Crippen LogP contribution in [0, 0.1) is 11.2 Å². The Morgan fingerprint density at radius 3 is 2.83 bits per heavy atom. The molecule has 1 N–H and O–H groups in total. The third-order valence-corrected chi connectivity index (χ3v) is 3.98. The number of ether oxygens (including phenoxy) is 1.